The van der Waals surface area contributed by atoms with Gasteiger partial charge in [0.15, 0.2) is 0 Å². The molecule has 0 aliphatic heterocycles. The summed E-state index contributed by atoms with van der Waals surface area (Å²) in [6.45, 7) is 6.52. The van der Waals surface area contributed by atoms with Crippen molar-refractivity contribution in [2.24, 2.45) is 17.8 Å². The molecule has 1 aliphatic carbocycles. The van der Waals surface area contributed by atoms with Crippen molar-refractivity contribution in [2.45, 2.75) is 52.6 Å². The predicted octanol–water partition coefficient (Wildman–Crippen LogP) is 2.47. The van der Waals surface area contributed by atoms with E-state index in [-0.39, 0.29) is 30.8 Å². The summed E-state index contributed by atoms with van der Waals surface area (Å²) in [5, 5.41) is 0. The lowest BCUT2D eigenvalue weighted by atomic mass is 9.74. The maximum atomic E-state index is 11.8. The summed E-state index contributed by atoms with van der Waals surface area (Å²) in [5.74, 6) is 1.14. The number of hydrogen-bond donors (Lipinski definition) is 0. The second kappa shape index (κ2) is 6.92. The normalized spacial score (nSPS) is 30.8. The summed E-state index contributed by atoms with van der Waals surface area (Å²) in [4.78, 5) is 24.8. The minimum Gasteiger partial charge on any atom is -0.462 e. The third-order valence-corrected chi connectivity index (χ3v) is 4.36. The number of hydrogen-bond acceptors (Lipinski definition) is 3. The van der Waals surface area contributed by atoms with Gasteiger partial charge in [0.1, 0.15) is 6.10 Å². The van der Waals surface area contributed by atoms with Crippen LogP contribution in [0.15, 0.2) is 0 Å². The maximum Gasteiger partial charge on any atom is 0.306 e. The molecule has 0 radical (unpaired) electrons. The average Bonchev–Trinajstić information content (AvgIpc) is 2.36. The Hall–Kier alpha value is -1.06. The Morgan fingerprint density at radius 1 is 1.05 bits per heavy atom. The number of rotatable bonds is 4. The zero-order valence-electron chi connectivity index (χ0n) is 12.8. The Morgan fingerprint density at radius 3 is 2.21 bits per heavy atom. The Balaban J connectivity index is 2.44. The zero-order valence-corrected chi connectivity index (χ0v) is 12.8. The predicted molar refractivity (Wildman–Crippen MR) is 74.5 cm³/mol. The first kappa shape index (κ1) is 16.0. The van der Waals surface area contributed by atoms with Crippen LogP contribution in [0.2, 0.25) is 0 Å². The molecule has 19 heavy (non-hydrogen) atoms. The van der Waals surface area contributed by atoms with E-state index < -0.39 is 0 Å². The van der Waals surface area contributed by atoms with Crippen molar-refractivity contribution in [1.82, 2.24) is 4.90 Å². The standard InChI is InChI=1S/C15H27NO3/c1-10-6-7-11(2)15(12(10)3)19-14(18)9-8-13(17)16(4)5/h10-12,15H,6-9H2,1-5H3. The molecule has 0 aromatic rings. The van der Waals surface area contributed by atoms with Gasteiger partial charge in [0.2, 0.25) is 5.91 Å². The van der Waals surface area contributed by atoms with Gasteiger partial charge in [-0.25, -0.2) is 0 Å². The van der Waals surface area contributed by atoms with Crippen LogP contribution < -0.4 is 0 Å². The molecule has 1 fully saturated rings. The van der Waals surface area contributed by atoms with E-state index in [1.165, 1.54) is 11.3 Å². The molecule has 1 aliphatic rings. The monoisotopic (exact) mass is 269 g/mol. The van der Waals surface area contributed by atoms with Crippen molar-refractivity contribution in [3.8, 4) is 0 Å². The van der Waals surface area contributed by atoms with E-state index in [2.05, 4.69) is 20.8 Å². The van der Waals surface area contributed by atoms with Gasteiger partial charge in [-0.1, -0.05) is 20.8 Å². The molecular formula is C15H27NO3. The SMILES string of the molecule is CC1CCC(C)C(OC(=O)CCC(=O)N(C)C)C1C. The molecule has 0 spiro atoms. The van der Waals surface area contributed by atoms with Crippen LogP contribution >= 0.6 is 0 Å². The van der Waals surface area contributed by atoms with E-state index in [0.717, 1.165) is 6.42 Å². The van der Waals surface area contributed by atoms with Gasteiger partial charge >= 0.3 is 5.97 Å². The first-order valence-corrected chi connectivity index (χ1v) is 7.22. The molecule has 0 aromatic carbocycles. The molecule has 0 saturated heterocycles. The second-order valence-electron chi connectivity index (χ2n) is 6.13. The Labute approximate surface area is 116 Å². The highest BCUT2D eigenvalue weighted by molar-refractivity contribution is 5.81. The lowest BCUT2D eigenvalue weighted by molar-refractivity contribution is -0.159. The third kappa shape index (κ3) is 4.51. The van der Waals surface area contributed by atoms with Gasteiger partial charge in [0.05, 0.1) is 6.42 Å². The Bertz CT molecular complexity index is 327. The molecule has 1 saturated carbocycles. The average molecular weight is 269 g/mol. The summed E-state index contributed by atoms with van der Waals surface area (Å²) >= 11 is 0. The van der Waals surface area contributed by atoms with Gasteiger partial charge in [-0.3, -0.25) is 9.59 Å². The molecule has 4 nitrogen and oxygen atoms in total. The third-order valence-electron chi connectivity index (χ3n) is 4.36. The molecule has 4 unspecified atom stereocenters. The second-order valence-corrected chi connectivity index (χ2v) is 6.13. The van der Waals surface area contributed by atoms with Crippen LogP contribution in [0, 0.1) is 17.8 Å². The molecule has 1 rings (SSSR count). The molecule has 0 N–H and O–H groups in total. The summed E-state index contributed by atoms with van der Waals surface area (Å²) in [6.07, 6.45) is 2.74. The first-order valence-electron chi connectivity index (χ1n) is 7.22. The fourth-order valence-corrected chi connectivity index (χ4v) is 2.66. The lowest BCUT2D eigenvalue weighted by Crippen LogP contribution is -2.39. The quantitative estimate of drug-likeness (QED) is 0.737. The maximum absolute atomic E-state index is 11.8. The van der Waals surface area contributed by atoms with Crippen molar-refractivity contribution in [1.29, 1.82) is 0 Å². The van der Waals surface area contributed by atoms with E-state index in [0.29, 0.717) is 17.8 Å². The first-order chi connectivity index (χ1) is 8.82. The van der Waals surface area contributed by atoms with Crippen LogP contribution in [0.3, 0.4) is 0 Å². The number of ether oxygens (including phenoxy) is 1. The van der Waals surface area contributed by atoms with Crippen molar-refractivity contribution >= 4 is 11.9 Å². The molecule has 0 bridgehead atoms. The van der Waals surface area contributed by atoms with Crippen molar-refractivity contribution in [3.63, 3.8) is 0 Å². The van der Waals surface area contributed by atoms with Gasteiger partial charge in [0.25, 0.3) is 0 Å². The highest BCUT2D eigenvalue weighted by atomic mass is 16.5. The molecule has 0 heterocycles. The smallest absolute Gasteiger partial charge is 0.306 e. The molecule has 110 valence electrons. The number of amides is 1. The summed E-state index contributed by atoms with van der Waals surface area (Å²) in [7, 11) is 3.39. The van der Waals surface area contributed by atoms with Crippen LogP contribution in [0.25, 0.3) is 0 Å². The van der Waals surface area contributed by atoms with Crippen molar-refractivity contribution in [2.75, 3.05) is 14.1 Å². The van der Waals surface area contributed by atoms with Crippen LogP contribution in [-0.4, -0.2) is 37.0 Å². The molecule has 4 heteroatoms. The Kier molecular flexibility index (Phi) is 5.83. The van der Waals surface area contributed by atoms with E-state index in [9.17, 15) is 9.59 Å². The van der Waals surface area contributed by atoms with Crippen molar-refractivity contribution in [3.05, 3.63) is 0 Å². The van der Waals surface area contributed by atoms with Crippen LogP contribution in [0.5, 0.6) is 0 Å². The Morgan fingerprint density at radius 2 is 1.63 bits per heavy atom. The minimum atomic E-state index is -0.243. The van der Waals surface area contributed by atoms with E-state index in [1.54, 1.807) is 14.1 Å². The topological polar surface area (TPSA) is 46.6 Å². The van der Waals surface area contributed by atoms with Crippen LogP contribution in [0.1, 0.15) is 46.5 Å². The summed E-state index contributed by atoms with van der Waals surface area (Å²) in [6, 6.07) is 0. The van der Waals surface area contributed by atoms with E-state index >= 15 is 0 Å². The van der Waals surface area contributed by atoms with Gasteiger partial charge in [0, 0.05) is 20.5 Å². The van der Waals surface area contributed by atoms with Gasteiger partial charge < -0.3 is 9.64 Å². The number of carbonyl (C=O) groups is 2. The summed E-state index contributed by atoms with van der Waals surface area (Å²) in [5.41, 5.74) is 0. The molecule has 1 amide bonds. The molecule has 4 atom stereocenters. The number of carbonyl (C=O) groups excluding carboxylic acids is 2. The number of nitrogens with zero attached hydrogens (tertiary/aromatic N) is 1. The fraction of sp³-hybridized carbons (Fsp3) is 0.867. The zero-order chi connectivity index (χ0) is 14.6. The van der Waals surface area contributed by atoms with E-state index in [4.69, 9.17) is 4.74 Å². The molecular weight excluding hydrogens is 242 g/mol. The minimum absolute atomic E-state index is 0.00529. The number of esters is 1. The lowest BCUT2D eigenvalue weighted by Gasteiger charge is -2.38. The highest BCUT2D eigenvalue weighted by Crippen LogP contribution is 2.35. The van der Waals surface area contributed by atoms with Gasteiger partial charge in [-0.05, 0) is 30.6 Å². The highest BCUT2D eigenvalue weighted by Gasteiger charge is 2.35. The van der Waals surface area contributed by atoms with Crippen molar-refractivity contribution < 1.29 is 14.3 Å². The van der Waals surface area contributed by atoms with Gasteiger partial charge in [-0.15, -0.1) is 0 Å². The summed E-state index contributed by atoms with van der Waals surface area (Å²) < 4.78 is 5.61. The fourth-order valence-electron chi connectivity index (χ4n) is 2.66. The van der Waals surface area contributed by atoms with Gasteiger partial charge in [-0.2, -0.15) is 0 Å². The van der Waals surface area contributed by atoms with E-state index in [1.807, 2.05) is 0 Å². The van der Waals surface area contributed by atoms with Crippen LogP contribution in [0.4, 0.5) is 0 Å². The molecule has 0 aromatic heterocycles. The van der Waals surface area contributed by atoms with Crippen LogP contribution in [-0.2, 0) is 14.3 Å². The largest absolute Gasteiger partial charge is 0.462 e.